The van der Waals surface area contributed by atoms with Crippen LogP contribution in [0, 0.1) is 6.92 Å². The van der Waals surface area contributed by atoms with Crippen molar-refractivity contribution in [2.75, 3.05) is 18.4 Å². The third-order valence-electron chi connectivity index (χ3n) is 4.61. The molecular weight excluding hydrogens is 318 g/mol. The number of piperidine rings is 1. The molecule has 1 N–H and O–H groups in total. The van der Waals surface area contributed by atoms with Gasteiger partial charge in [0.2, 0.25) is 5.91 Å². The van der Waals surface area contributed by atoms with Crippen molar-refractivity contribution < 1.29 is 14.1 Å². The Bertz CT molecular complexity index is 678. The number of hydrogen-bond donors (Lipinski definition) is 1. The van der Waals surface area contributed by atoms with Gasteiger partial charge in [0.05, 0.1) is 18.8 Å². The van der Waals surface area contributed by atoms with Crippen LogP contribution in [0.2, 0.25) is 0 Å². The zero-order valence-electron chi connectivity index (χ0n) is 14.8. The van der Waals surface area contributed by atoms with E-state index in [9.17, 15) is 4.79 Å². The van der Waals surface area contributed by atoms with E-state index in [1.54, 1.807) is 13.0 Å². The van der Waals surface area contributed by atoms with Gasteiger partial charge in [-0.2, -0.15) is 0 Å². The fraction of sp³-hybridized carbons (Fsp3) is 0.474. The highest BCUT2D eigenvalue weighted by molar-refractivity contribution is 5.93. The number of nitrogens with one attached hydrogen (secondary N) is 1. The smallest absolute Gasteiger partial charge is 0.242 e. The van der Waals surface area contributed by atoms with Gasteiger partial charge in [0.25, 0.3) is 0 Å². The summed E-state index contributed by atoms with van der Waals surface area (Å²) >= 11 is 0. The highest BCUT2D eigenvalue weighted by atomic mass is 16.5. The summed E-state index contributed by atoms with van der Waals surface area (Å²) in [6, 6.07) is 11.7. The van der Waals surface area contributed by atoms with Crippen LogP contribution in [0.25, 0.3) is 0 Å². The summed E-state index contributed by atoms with van der Waals surface area (Å²) in [6.07, 6.45) is 2.13. The van der Waals surface area contributed by atoms with E-state index in [2.05, 4.69) is 27.5 Å². The summed E-state index contributed by atoms with van der Waals surface area (Å²) < 4.78 is 11.0. The normalized spacial score (nSPS) is 17.4. The van der Waals surface area contributed by atoms with Crippen LogP contribution in [0.5, 0.6) is 0 Å². The highest BCUT2D eigenvalue weighted by Gasteiger charge is 2.27. The van der Waals surface area contributed by atoms with Crippen LogP contribution >= 0.6 is 0 Å². The molecule has 2 heterocycles. The van der Waals surface area contributed by atoms with E-state index >= 15 is 0 Å². The molecule has 0 saturated carbocycles. The second-order valence-corrected chi connectivity index (χ2v) is 6.52. The maximum Gasteiger partial charge on any atom is 0.242 e. The van der Waals surface area contributed by atoms with Crippen LogP contribution in [-0.4, -0.2) is 41.2 Å². The zero-order valence-corrected chi connectivity index (χ0v) is 14.8. The van der Waals surface area contributed by atoms with Crippen LogP contribution in [0.4, 0.5) is 5.82 Å². The molecule has 1 aliphatic rings. The number of aromatic nitrogens is 1. The molecule has 1 fully saturated rings. The van der Waals surface area contributed by atoms with Crippen molar-refractivity contribution in [1.82, 2.24) is 10.1 Å². The van der Waals surface area contributed by atoms with Crippen LogP contribution in [-0.2, 0) is 16.1 Å². The number of carbonyl (C=O) groups is 1. The number of benzene rings is 1. The summed E-state index contributed by atoms with van der Waals surface area (Å²) in [5.41, 5.74) is 1.19. The molecule has 6 heteroatoms. The predicted octanol–water partition coefficient (Wildman–Crippen LogP) is 2.99. The van der Waals surface area contributed by atoms with Crippen molar-refractivity contribution in [3.05, 3.63) is 47.7 Å². The van der Waals surface area contributed by atoms with Crippen molar-refractivity contribution in [2.24, 2.45) is 0 Å². The summed E-state index contributed by atoms with van der Waals surface area (Å²) in [7, 11) is 0. The monoisotopic (exact) mass is 343 g/mol. The Morgan fingerprint density at radius 3 is 2.72 bits per heavy atom. The van der Waals surface area contributed by atoms with Crippen LogP contribution in [0.1, 0.15) is 31.1 Å². The van der Waals surface area contributed by atoms with Gasteiger partial charge < -0.3 is 14.6 Å². The molecule has 1 aromatic carbocycles. The Labute approximate surface area is 148 Å². The number of rotatable bonds is 6. The van der Waals surface area contributed by atoms with Crippen LogP contribution in [0.15, 0.2) is 40.9 Å². The van der Waals surface area contributed by atoms with Gasteiger partial charge in [-0.1, -0.05) is 35.5 Å². The molecule has 1 atom stereocenters. The van der Waals surface area contributed by atoms with Gasteiger partial charge in [-0.15, -0.1) is 0 Å². The van der Waals surface area contributed by atoms with E-state index in [-0.39, 0.29) is 18.1 Å². The molecule has 0 bridgehead atoms. The molecule has 3 rings (SSSR count). The third kappa shape index (κ3) is 4.90. The lowest BCUT2D eigenvalue weighted by Crippen LogP contribution is -2.47. The Morgan fingerprint density at radius 2 is 2.08 bits per heavy atom. The number of hydrogen-bond acceptors (Lipinski definition) is 5. The first-order valence-electron chi connectivity index (χ1n) is 8.75. The number of nitrogens with zero attached hydrogens (tertiary/aromatic N) is 2. The van der Waals surface area contributed by atoms with E-state index in [4.69, 9.17) is 9.26 Å². The first-order valence-corrected chi connectivity index (χ1v) is 8.75. The summed E-state index contributed by atoms with van der Waals surface area (Å²) in [5, 5.41) is 6.60. The quantitative estimate of drug-likeness (QED) is 0.873. The molecule has 134 valence electrons. The zero-order chi connectivity index (χ0) is 17.6. The topological polar surface area (TPSA) is 67.6 Å². The number of likely N-dealkylation sites (tertiary alicyclic amines) is 1. The average molecular weight is 343 g/mol. The van der Waals surface area contributed by atoms with Crippen LogP contribution in [0.3, 0.4) is 0 Å². The Balaban J connectivity index is 1.42. The van der Waals surface area contributed by atoms with Gasteiger partial charge >= 0.3 is 0 Å². The number of ether oxygens (including phenoxy) is 1. The molecule has 1 aliphatic heterocycles. The van der Waals surface area contributed by atoms with Crippen molar-refractivity contribution in [3.63, 3.8) is 0 Å². The number of carbonyl (C=O) groups excluding carboxylic acids is 1. The van der Waals surface area contributed by atoms with E-state index in [0.29, 0.717) is 18.2 Å². The Kier molecular flexibility index (Phi) is 5.83. The summed E-state index contributed by atoms with van der Waals surface area (Å²) in [6.45, 7) is 6.07. The van der Waals surface area contributed by atoms with E-state index in [1.165, 1.54) is 5.56 Å². The van der Waals surface area contributed by atoms with Gasteiger partial charge in [0.15, 0.2) is 5.82 Å². The molecule has 1 aromatic heterocycles. The van der Waals surface area contributed by atoms with E-state index in [1.807, 2.05) is 25.1 Å². The molecule has 6 nitrogen and oxygen atoms in total. The SMILES string of the molecule is Cc1cc(NC(=O)[C@H](C)N2CCC(OCc3ccccc3)CC2)no1. The van der Waals surface area contributed by atoms with Crippen molar-refractivity contribution in [1.29, 1.82) is 0 Å². The van der Waals surface area contributed by atoms with Gasteiger partial charge in [-0.05, 0) is 32.3 Å². The summed E-state index contributed by atoms with van der Waals surface area (Å²) in [4.78, 5) is 14.5. The molecule has 0 unspecified atom stereocenters. The third-order valence-corrected chi connectivity index (χ3v) is 4.61. The molecule has 0 spiro atoms. The fourth-order valence-corrected chi connectivity index (χ4v) is 3.04. The Hall–Kier alpha value is -2.18. The van der Waals surface area contributed by atoms with Crippen molar-refractivity contribution in [3.8, 4) is 0 Å². The van der Waals surface area contributed by atoms with E-state index < -0.39 is 0 Å². The molecular formula is C19H25N3O3. The largest absolute Gasteiger partial charge is 0.373 e. The lowest BCUT2D eigenvalue weighted by molar-refractivity contribution is -0.122. The van der Waals surface area contributed by atoms with Gasteiger partial charge in [0.1, 0.15) is 5.76 Å². The van der Waals surface area contributed by atoms with Crippen LogP contribution < -0.4 is 5.32 Å². The number of amides is 1. The molecule has 2 aromatic rings. The molecule has 25 heavy (non-hydrogen) atoms. The standard InChI is InChI=1S/C19H25N3O3/c1-14-12-18(21-25-14)20-19(23)15(2)22-10-8-17(9-11-22)24-13-16-6-4-3-5-7-16/h3-7,12,15,17H,8-11,13H2,1-2H3,(H,20,21,23)/t15-/m0/s1. The molecule has 0 aliphatic carbocycles. The van der Waals surface area contributed by atoms with Crippen molar-refractivity contribution >= 4 is 11.7 Å². The maximum absolute atomic E-state index is 12.3. The minimum atomic E-state index is -0.202. The lowest BCUT2D eigenvalue weighted by Gasteiger charge is -2.35. The van der Waals surface area contributed by atoms with Gasteiger partial charge in [-0.25, -0.2) is 0 Å². The molecule has 1 amide bonds. The average Bonchev–Trinajstić information content (AvgIpc) is 3.05. The maximum atomic E-state index is 12.3. The number of aryl methyl sites for hydroxylation is 1. The predicted molar refractivity (Wildman–Crippen MR) is 95.2 cm³/mol. The van der Waals surface area contributed by atoms with Gasteiger partial charge in [0, 0.05) is 19.2 Å². The molecule has 0 radical (unpaired) electrons. The summed E-state index contributed by atoms with van der Waals surface area (Å²) in [5.74, 6) is 1.09. The minimum absolute atomic E-state index is 0.0584. The first-order chi connectivity index (χ1) is 12.1. The number of anilines is 1. The van der Waals surface area contributed by atoms with E-state index in [0.717, 1.165) is 25.9 Å². The fourth-order valence-electron chi connectivity index (χ4n) is 3.04. The minimum Gasteiger partial charge on any atom is -0.373 e. The van der Waals surface area contributed by atoms with Gasteiger partial charge in [-0.3, -0.25) is 9.69 Å². The molecule has 1 saturated heterocycles. The lowest BCUT2D eigenvalue weighted by atomic mass is 10.1. The Morgan fingerprint density at radius 1 is 1.36 bits per heavy atom. The second kappa shape index (κ2) is 8.27. The second-order valence-electron chi connectivity index (χ2n) is 6.52. The van der Waals surface area contributed by atoms with Crippen molar-refractivity contribution in [2.45, 2.75) is 45.4 Å². The highest BCUT2D eigenvalue weighted by Crippen LogP contribution is 2.18. The first kappa shape index (κ1) is 17.6.